The first-order chi connectivity index (χ1) is 6.06. The number of rotatable bonds is 2. The molecule has 0 radical (unpaired) electrons. The lowest BCUT2D eigenvalue weighted by molar-refractivity contribution is 0.0696. The molecule has 0 saturated carbocycles. The first kappa shape index (κ1) is 10.8. The van der Waals surface area contributed by atoms with Crippen LogP contribution >= 0.6 is 35.2 Å². The van der Waals surface area contributed by atoms with Crippen molar-refractivity contribution in [2.45, 2.75) is 12.7 Å². The molecule has 1 N–H and O–H groups in total. The lowest BCUT2D eigenvalue weighted by Gasteiger charge is -2.06. The second-order valence-corrected chi connectivity index (χ2v) is 4.18. The molecule has 0 amide bonds. The fraction of sp³-hybridized carbons (Fsp3) is 0.222. The molecule has 0 aliphatic heterocycles. The van der Waals surface area contributed by atoms with Crippen LogP contribution in [0.15, 0.2) is 12.1 Å². The average Bonchev–Trinajstić information content (AvgIpc) is 2.09. The Morgan fingerprint density at radius 2 is 2.23 bits per heavy atom. The quantitative estimate of drug-likeness (QED) is 0.651. The van der Waals surface area contributed by atoms with Crippen LogP contribution in [0.5, 0.6) is 0 Å². The first-order valence-corrected chi connectivity index (χ1v) is 5.40. The Bertz CT molecular complexity index is 350. The van der Waals surface area contributed by atoms with Crippen LogP contribution in [0.25, 0.3) is 0 Å². The van der Waals surface area contributed by atoms with Crippen molar-refractivity contribution < 1.29 is 9.90 Å². The van der Waals surface area contributed by atoms with E-state index in [0.717, 1.165) is 14.7 Å². The molecule has 0 aromatic heterocycles. The minimum Gasteiger partial charge on any atom is -0.478 e. The Morgan fingerprint density at radius 3 is 2.69 bits per heavy atom. The number of carboxylic acids is 1. The van der Waals surface area contributed by atoms with E-state index in [2.05, 4.69) is 35.2 Å². The molecule has 0 aliphatic rings. The van der Waals surface area contributed by atoms with Crippen molar-refractivity contribution in [3.05, 3.63) is 32.4 Å². The van der Waals surface area contributed by atoms with Gasteiger partial charge in [0, 0.05) is 9.32 Å². The zero-order valence-electron chi connectivity index (χ0n) is 7.04. The lowest BCUT2D eigenvalue weighted by Crippen LogP contribution is -2.00. The summed E-state index contributed by atoms with van der Waals surface area (Å²) in [6, 6.07) is 3.35. The van der Waals surface area contributed by atoms with E-state index in [9.17, 15) is 4.79 Å². The van der Waals surface area contributed by atoms with Gasteiger partial charge >= 0.3 is 5.97 Å². The third-order valence-electron chi connectivity index (χ3n) is 1.87. The Kier molecular flexibility index (Phi) is 3.61. The maximum Gasteiger partial charge on any atom is 0.335 e. The summed E-state index contributed by atoms with van der Waals surface area (Å²) in [6.07, 6.45) is 0. The summed E-state index contributed by atoms with van der Waals surface area (Å²) in [7, 11) is 0. The van der Waals surface area contributed by atoms with Gasteiger partial charge in [-0.2, -0.15) is 12.6 Å². The summed E-state index contributed by atoms with van der Waals surface area (Å²) in [5, 5.41) is 8.79. The molecule has 13 heavy (non-hydrogen) atoms. The number of thiol groups is 1. The zero-order chi connectivity index (χ0) is 10.0. The van der Waals surface area contributed by atoms with E-state index in [-0.39, 0.29) is 0 Å². The normalized spacial score (nSPS) is 10.1. The third-order valence-corrected chi connectivity index (χ3v) is 3.33. The molecule has 0 saturated heterocycles. The molecule has 1 rings (SSSR count). The van der Waals surface area contributed by atoms with Crippen molar-refractivity contribution in [3.8, 4) is 0 Å². The molecular formula is C9H9IO2S. The average molecular weight is 308 g/mol. The molecule has 4 heteroatoms. The minimum atomic E-state index is -0.888. The number of benzene rings is 1. The van der Waals surface area contributed by atoms with Crippen LogP contribution in [0, 0.1) is 10.5 Å². The number of hydrogen-bond acceptors (Lipinski definition) is 2. The molecule has 0 unspecified atom stereocenters. The number of carboxylic acid groups (broad SMARTS) is 1. The number of halogens is 1. The van der Waals surface area contributed by atoms with Crippen LogP contribution in [0.1, 0.15) is 21.5 Å². The van der Waals surface area contributed by atoms with Crippen molar-refractivity contribution in [2.75, 3.05) is 0 Å². The number of aromatic carboxylic acids is 1. The van der Waals surface area contributed by atoms with Crippen molar-refractivity contribution in [3.63, 3.8) is 0 Å². The first-order valence-electron chi connectivity index (χ1n) is 3.69. The van der Waals surface area contributed by atoms with Gasteiger partial charge in [-0.1, -0.05) is 0 Å². The van der Waals surface area contributed by atoms with Crippen LogP contribution in [-0.2, 0) is 5.75 Å². The van der Waals surface area contributed by atoms with Gasteiger partial charge in [0.25, 0.3) is 0 Å². The van der Waals surface area contributed by atoms with Crippen molar-refractivity contribution >= 4 is 41.2 Å². The molecule has 0 aliphatic carbocycles. The van der Waals surface area contributed by atoms with Crippen LogP contribution in [0.3, 0.4) is 0 Å². The SMILES string of the molecule is Cc1c(I)cc(C(=O)O)cc1CS. The van der Waals surface area contributed by atoms with Gasteiger partial charge in [0.05, 0.1) is 5.56 Å². The summed E-state index contributed by atoms with van der Waals surface area (Å²) < 4.78 is 0.974. The van der Waals surface area contributed by atoms with Gasteiger partial charge in [-0.3, -0.25) is 0 Å². The third kappa shape index (κ3) is 2.37. The van der Waals surface area contributed by atoms with Crippen LogP contribution in [0.4, 0.5) is 0 Å². The minimum absolute atomic E-state index is 0.332. The predicted molar refractivity (Wildman–Crippen MR) is 63.5 cm³/mol. The van der Waals surface area contributed by atoms with Crippen molar-refractivity contribution in [2.24, 2.45) is 0 Å². The van der Waals surface area contributed by atoms with Crippen molar-refractivity contribution in [1.29, 1.82) is 0 Å². The van der Waals surface area contributed by atoms with Gasteiger partial charge in [0.2, 0.25) is 0 Å². The van der Waals surface area contributed by atoms with E-state index < -0.39 is 5.97 Å². The lowest BCUT2D eigenvalue weighted by atomic mass is 10.1. The molecule has 0 fully saturated rings. The molecule has 1 aromatic rings. The van der Waals surface area contributed by atoms with Gasteiger partial charge in [-0.15, -0.1) is 0 Å². The Morgan fingerprint density at radius 1 is 1.62 bits per heavy atom. The standard InChI is InChI=1S/C9H9IO2S/c1-5-7(4-13)2-6(9(11)12)3-8(5)10/h2-3,13H,4H2,1H3,(H,11,12). The molecule has 0 heterocycles. The highest BCUT2D eigenvalue weighted by Crippen LogP contribution is 2.20. The monoisotopic (exact) mass is 308 g/mol. The van der Waals surface area contributed by atoms with Crippen molar-refractivity contribution in [1.82, 2.24) is 0 Å². The fourth-order valence-corrected chi connectivity index (χ4v) is 2.03. The van der Waals surface area contributed by atoms with E-state index in [0.29, 0.717) is 11.3 Å². The topological polar surface area (TPSA) is 37.3 Å². The molecule has 0 bridgehead atoms. The highest BCUT2D eigenvalue weighted by Gasteiger charge is 2.08. The highest BCUT2D eigenvalue weighted by atomic mass is 127. The summed E-state index contributed by atoms with van der Waals surface area (Å²) in [5.41, 5.74) is 2.42. The van der Waals surface area contributed by atoms with Gasteiger partial charge in [-0.25, -0.2) is 4.79 Å². The summed E-state index contributed by atoms with van der Waals surface area (Å²) in [5.74, 6) is -0.316. The maximum atomic E-state index is 10.7. The Labute approximate surface area is 95.9 Å². The molecule has 0 atom stereocenters. The summed E-state index contributed by atoms with van der Waals surface area (Å²) in [4.78, 5) is 10.7. The summed E-state index contributed by atoms with van der Waals surface area (Å²) in [6.45, 7) is 1.97. The second kappa shape index (κ2) is 4.32. The molecular weight excluding hydrogens is 299 g/mol. The maximum absolute atomic E-state index is 10.7. The fourth-order valence-electron chi connectivity index (χ4n) is 1.02. The smallest absolute Gasteiger partial charge is 0.335 e. The molecule has 0 spiro atoms. The second-order valence-electron chi connectivity index (χ2n) is 2.71. The number of hydrogen-bond donors (Lipinski definition) is 2. The van der Waals surface area contributed by atoms with Gasteiger partial charge in [0.15, 0.2) is 0 Å². The van der Waals surface area contributed by atoms with E-state index >= 15 is 0 Å². The highest BCUT2D eigenvalue weighted by molar-refractivity contribution is 14.1. The van der Waals surface area contributed by atoms with E-state index in [1.807, 2.05) is 6.92 Å². The van der Waals surface area contributed by atoms with E-state index in [1.165, 1.54) is 0 Å². The molecule has 70 valence electrons. The van der Waals surface area contributed by atoms with Gasteiger partial charge in [-0.05, 0) is 52.8 Å². The largest absolute Gasteiger partial charge is 0.478 e. The van der Waals surface area contributed by atoms with Crippen LogP contribution in [-0.4, -0.2) is 11.1 Å². The van der Waals surface area contributed by atoms with Crippen LogP contribution in [0.2, 0.25) is 0 Å². The van der Waals surface area contributed by atoms with Gasteiger partial charge < -0.3 is 5.11 Å². The Hall–Kier alpha value is -0.230. The van der Waals surface area contributed by atoms with E-state index in [1.54, 1.807) is 12.1 Å². The Balaban J connectivity index is 3.30. The van der Waals surface area contributed by atoms with Crippen LogP contribution < -0.4 is 0 Å². The molecule has 1 aromatic carbocycles. The van der Waals surface area contributed by atoms with E-state index in [4.69, 9.17) is 5.11 Å². The number of carbonyl (C=O) groups is 1. The zero-order valence-corrected chi connectivity index (χ0v) is 10.1. The predicted octanol–water partition coefficient (Wildman–Crippen LogP) is 2.73. The van der Waals surface area contributed by atoms with Gasteiger partial charge in [0.1, 0.15) is 0 Å². The summed E-state index contributed by atoms with van der Waals surface area (Å²) >= 11 is 6.28. The molecule has 2 nitrogen and oxygen atoms in total.